The van der Waals surface area contributed by atoms with Crippen LogP contribution in [0.15, 0.2) is 47.9 Å². The highest BCUT2D eigenvalue weighted by molar-refractivity contribution is 6.32. The number of aromatic nitrogens is 5. The molecule has 23 heavy (non-hydrogen) atoms. The van der Waals surface area contributed by atoms with Gasteiger partial charge in [0.15, 0.2) is 0 Å². The van der Waals surface area contributed by atoms with E-state index in [2.05, 4.69) is 20.5 Å². The highest BCUT2D eigenvalue weighted by Gasteiger charge is 2.12. The summed E-state index contributed by atoms with van der Waals surface area (Å²) in [5, 5.41) is 11.4. The fourth-order valence-electron chi connectivity index (χ4n) is 2.21. The van der Waals surface area contributed by atoms with Gasteiger partial charge < -0.3 is 5.32 Å². The van der Waals surface area contributed by atoms with Crippen molar-refractivity contribution < 1.29 is 0 Å². The van der Waals surface area contributed by atoms with E-state index in [1.54, 1.807) is 24.3 Å². The topological polar surface area (TPSA) is 77.6 Å². The van der Waals surface area contributed by atoms with E-state index < -0.39 is 0 Å². The van der Waals surface area contributed by atoms with Crippen LogP contribution >= 0.6 is 11.6 Å². The Bertz CT molecular complexity index is 874. The Morgan fingerprint density at radius 2 is 2.13 bits per heavy atom. The summed E-state index contributed by atoms with van der Waals surface area (Å²) >= 11 is 6.08. The second-order valence-corrected chi connectivity index (χ2v) is 5.48. The van der Waals surface area contributed by atoms with Crippen LogP contribution in [0.5, 0.6) is 0 Å². The molecule has 118 valence electrons. The first-order valence-electron chi connectivity index (χ1n) is 6.99. The minimum Gasteiger partial charge on any atom is -0.376 e. The molecular formula is C15H15ClN6O. The van der Waals surface area contributed by atoms with Crippen molar-refractivity contribution in [2.24, 2.45) is 7.05 Å². The molecule has 2 aromatic heterocycles. The number of aryl methyl sites for hydroxylation is 1. The Hall–Kier alpha value is -2.67. The average molecular weight is 331 g/mol. The molecule has 1 unspecified atom stereocenters. The van der Waals surface area contributed by atoms with Crippen LogP contribution in [-0.2, 0) is 7.05 Å². The molecule has 0 aliphatic rings. The van der Waals surface area contributed by atoms with Crippen molar-refractivity contribution in [1.82, 2.24) is 24.5 Å². The second kappa shape index (κ2) is 6.21. The van der Waals surface area contributed by atoms with Gasteiger partial charge in [-0.05, 0) is 24.6 Å². The molecule has 0 amide bonds. The van der Waals surface area contributed by atoms with E-state index in [-0.39, 0.29) is 16.6 Å². The van der Waals surface area contributed by atoms with E-state index in [1.165, 1.54) is 11.0 Å². The third kappa shape index (κ3) is 3.09. The minimum absolute atomic E-state index is 0.0649. The van der Waals surface area contributed by atoms with E-state index in [0.29, 0.717) is 5.69 Å². The van der Waals surface area contributed by atoms with Crippen molar-refractivity contribution in [3.05, 3.63) is 64.1 Å². The lowest BCUT2D eigenvalue weighted by Gasteiger charge is -2.17. The van der Waals surface area contributed by atoms with E-state index in [9.17, 15) is 4.79 Å². The smallest absolute Gasteiger partial charge is 0.287 e. The van der Waals surface area contributed by atoms with E-state index >= 15 is 0 Å². The Balaban J connectivity index is 1.87. The highest BCUT2D eigenvalue weighted by Crippen LogP contribution is 2.23. The highest BCUT2D eigenvalue weighted by atomic mass is 35.5. The van der Waals surface area contributed by atoms with Crippen molar-refractivity contribution in [3.63, 3.8) is 0 Å². The van der Waals surface area contributed by atoms with Crippen molar-refractivity contribution in [3.8, 4) is 5.69 Å². The third-order valence-electron chi connectivity index (χ3n) is 3.50. The average Bonchev–Trinajstić information content (AvgIpc) is 3.10. The first kappa shape index (κ1) is 15.2. The Labute approximate surface area is 137 Å². The van der Waals surface area contributed by atoms with E-state index in [0.717, 1.165) is 11.3 Å². The molecule has 3 aromatic rings. The van der Waals surface area contributed by atoms with Gasteiger partial charge in [0.2, 0.25) is 0 Å². The summed E-state index contributed by atoms with van der Waals surface area (Å²) in [7, 11) is 1.56. The van der Waals surface area contributed by atoms with Crippen LogP contribution in [0.2, 0.25) is 5.02 Å². The molecule has 2 heterocycles. The quantitative estimate of drug-likeness (QED) is 0.793. The number of halogens is 1. The van der Waals surface area contributed by atoms with Gasteiger partial charge in [-0.1, -0.05) is 23.7 Å². The molecule has 3 rings (SSSR count). The van der Waals surface area contributed by atoms with Crippen LogP contribution in [0.4, 0.5) is 5.69 Å². The molecule has 0 radical (unpaired) electrons. The van der Waals surface area contributed by atoms with Crippen molar-refractivity contribution in [2.45, 2.75) is 13.0 Å². The Kier molecular flexibility index (Phi) is 4.12. The summed E-state index contributed by atoms with van der Waals surface area (Å²) in [5.74, 6) is 0. The van der Waals surface area contributed by atoms with Gasteiger partial charge >= 0.3 is 0 Å². The molecule has 0 saturated carbocycles. The van der Waals surface area contributed by atoms with Gasteiger partial charge in [-0.2, -0.15) is 10.2 Å². The van der Waals surface area contributed by atoms with Crippen LogP contribution in [0.3, 0.4) is 0 Å². The summed E-state index contributed by atoms with van der Waals surface area (Å²) in [6, 6.07) is 7.80. The summed E-state index contributed by atoms with van der Waals surface area (Å²) in [5.41, 5.74) is 2.10. The first-order chi connectivity index (χ1) is 11.1. The van der Waals surface area contributed by atoms with Gasteiger partial charge in [0, 0.05) is 13.1 Å². The number of nitrogens with one attached hydrogen (secondary N) is 1. The van der Waals surface area contributed by atoms with Crippen LogP contribution < -0.4 is 10.9 Å². The first-order valence-corrected chi connectivity index (χ1v) is 7.37. The number of nitrogens with zero attached hydrogens (tertiary/aromatic N) is 5. The number of hydrogen-bond acceptors (Lipinski definition) is 5. The number of anilines is 1. The Morgan fingerprint density at radius 3 is 2.87 bits per heavy atom. The molecule has 0 aliphatic carbocycles. The summed E-state index contributed by atoms with van der Waals surface area (Å²) in [4.78, 5) is 15.8. The molecule has 7 nitrogen and oxygen atoms in total. The van der Waals surface area contributed by atoms with Crippen LogP contribution in [0.25, 0.3) is 5.69 Å². The van der Waals surface area contributed by atoms with Crippen molar-refractivity contribution >= 4 is 17.3 Å². The predicted molar refractivity (Wildman–Crippen MR) is 87.9 cm³/mol. The zero-order valence-corrected chi connectivity index (χ0v) is 13.4. The van der Waals surface area contributed by atoms with E-state index in [4.69, 9.17) is 11.6 Å². The van der Waals surface area contributed by atoms with Crippen molar-refractivity contribution in [1.29, 1.82) is 0 Å². The lowest BCUT2D eigenvalue weighted by molar-refractivity contribution is 0.706. The standard InChI is InChI=1S/C15H15ClN6O/c1-10(20-13-7-18-21(2)15(23)14(13)16)11-4-3-5-12(6-11)22-9-17-8-19-22/h3-10,20H,1-2H3. The van der Waals surface area contributed by atoms with Gasteiger partial charge in [0.1, 0.15) is 17.7 Å². The fourth-order valence-corrected chi connectivity index (χ4v) is 2.43. The number of hydrogen-bond donors (Lipinski definition) is 1. The molecule has 1 atom stereocenters. The van der Waals surface area contributed by atoms with Gasteiger partial charge in [-0.3, -0.25) is 4.79 Å². The molecule has 0 fully saturated rings. The maximum Gasteiger partial charge on any atom is 0.287 e. The summed E-state index contributed by atoms with van der Waals surface area (Å²) in [6.45, 7) is 1.98. The van der Waals surface area contributed by atoms with Crippen molar-refractivity contribution in [2.75, 3.05) is 5.32 Å². The van der Waals surface area contributed by atoms with Gasteiger partial charge in [-0.25, -0.2) is 14.3 Å². The minimum atomic E-state index is -0.333. The zero-order valence-electron chi connectivity index (χ0n) is 12.6. The normalized spacial score (nSPS) is 12.1. The lowest BCUT2D eigenvalue weighted by atomic mass is 10.1. The maximum atomic E-state index is 11.8. The SMILES string of the molecule is CC(Nc1cnn(C)c(=O)c1Cl)c1cccc(-n2cncn2)c1. The predicted octanol–water partition coefficient (Wildman–Crippen LogP) is 2.19. The molecule has 1 N–H and O–H groups in total. The molecule has 0 saturated heterocycles. The summed E-state index contributed by atoms with van der Waals surface area (Å²) in [6.07, 6.45) is 4.67. The Morgan fingerprint density at radius 1 is 1.30 bits per heavy atom. The fraction of sp³-hybridized carbons (Fsp3) is 0.200. The van der Waals surface area contributed by atoms with Crippen LogP contribution in [-0.4, -0.2) is 24.5 Å². The van der Waals surface area contributed by atoms with Crippen LogP contribution in [0, 0.1) is 0 Å². The number of benzene rings is 1. The molecular weight excluding hydrogens is 316 g/mol. The van der Waals surface area contributed by atoms with Gasteiger partial charge in [0.05, 0.1) is 17.6 Å². The largest absolute Gasteiger partial charge is 0.376 e. The summed E-state index contributed by atoms with van der Waals surface area (Å²) < 4.78 is 2.88. The van der Waals surface area contributed by atoms with Crippen LogP contribution in [0.1, 0.15) is 18.5 Å². The molecule has 1 aromatic carbocycles. The second-order valence-electron chi connectivity index (χ2n) is 5.10. The number of rotatable bonds is 4. The molecule has 8 heteroatoms. The molecule has 0 bridgehead atoms. The molecule has 0 spiro atoms. The lowest BCUT2D eigenvalue weighted by Crippen LogP contribution is -2.21. The molecule has 0 aliphatic heterocycles. The van der Waals surface area contributed by atoms with Gasteiger partial charge in [-0.15, -0.1) is 0 Å². The van der Waals surface area contributed by atoms with Gasteiger partial charge in [0.25, 0.3) is 5.56 Å². The van der Waals surface area contributed by atoms with E-state index in [1.807, 2.05) is 31.2 Å². The maximum absolute atomic E-state index is 11.8. The third-order valence-corrected chi connectivity index (χ3v) is 3.87. The monoisotopic (exact) mass is 330 g/mol. The zero-order chi connectivity index (χ0) is 16.4.